The number of aryl methyl sites for hydroxylation is 1. The summed E-state index contributed by atoms with van der Waals surface area (Å²) in [6.45, 7) is 2.30. The quantitative estimate of drug-likeness (QED) is 0.648. The van der Waals surface area contributed by atoms with E-state index in [-0.39, 0.29) is 11.3 Å². The molecule has 0 atom stereocenters. The molecule has 8 heteroatoms. The van der Waals surface area contributed by atoms with Crippen LogP contribution in [0.3, 0.4) is 0 Å². The summed E-state index contributed by atoms with van der Waals surface area (Å²) < 4.78 is 0. The second-order valence-corrected chi connectivity index (χ2v) is 5.33. The molecule has 2 aromatic rings. The number of aromatic carboxylic acids is 1. The number of carboxylic acid groups (broad SMARTS) is 1. The van der Waals surface area contributed by atoms with E-state index in [0.29, 0.717) is 12.2 Å². The third-order valence-electron chi connectivity index (χ3n) is 2.54. The fourth-order valence-electron chi connectivity index (χ4n) is 1.63. The topological polar surface area (TPSA) is 105 Å². The fraction of sp³-hybridized carbons (Fsp3) is 0.167. The Morgan fingerprint density at radius 3 is 2.85 bits per heavy atom. The van der Waals surface area contributed by atoms with E-state index in [4.69, 9.17) is 5.11 Å². The minimum absolute atomic E-state index is 0.132. The Hall–Kier alpha value is -2.48. The molecule has 0 fully saturated rings. The zero-order valence-corrected chi connectivity index (χ0v) is 11.3. The number of carbonyl (C=O) groups is 1. The highest BCUT2D eigenvalue weighted by molar-refractivity contribution is 7.11. The van der Waals surface area contributed by atoms with Crippen molar-refractivity contribution >= 4 is 28.7 Å². The zero-order valence-electron chi connectivity index (χ0n) is 10.5. The lowest BCUT2D eigenvalue weighted by Crippen LogP contribution is -2.07. The van der Waals surface area contributed by atoms with Gasteiger partial charge in [0.15, 0.2) is 0 Å². The molecule has 0 saturated carbocycles. The van der Waals surface area contributed by atoms with Crippen molar-refractivity contribution in [2.45, 2.75) is 13.5 Å². The van der Waals surface area contributed by atoms with E-state index in [0.717, 1.165) is 16.0 Å². The van der Waals surface area contributed by atoms with Gasteiger partial charge < -0.3 is 10.4 Å². The number of benzene rings is 1. The van der Waals surface area contributed by atoms with Crippen molar-refractivity contribution in [3.8, 4) is 0 Å². The van der Waals surface area contributed by atoms with Crippen molar-refractivity contribution in [2.75, 3.05) is 5.32 Å². The molecule has 1 heterocycles. The first-order valence-electron chi connectivity index (χ1n) is 5.64. The second kappa shape index (κ2) is 5.66. The lowest BCUT2D eigenvalue weighted by Gasteiger charge is -2.07. The summed E-state index contributed by atoms with van der Waals surface area (Å²) in [5, 5.41) is 23.5. The smallest absolute Gasteiger partial charge is 0.338 e. The molecule has 2 N–H and O–H groups in total. The first-order valence-corrected chi connectivity index (χ1v) is 6.46. The van der Waals surface area contributed by atoms with Crippen LogP contribution in [0.25, 0.3) is 0 Å². The Morgan fingerprint density at radius 2 is 2.30 bits per heavy atom. The van der Waals surface area contributed by atoms with Crippen LogP contribution in [-0.4, -0.2) is 21.0 Å². The van der Waals surface area contributed by atoms with E-state index in [1.807, 2.05) is 6.92 Å². The normalized spacial score (nSPS) is 10.2. The monoisotopic (exact) mass is 293 g/mol. The van der Waals surface area contributed by atoms with E-state index in [1.165, 1.54) is 23.5 Å². The van der Waals surface area contributed by atoms with E-state index >= 15 is 0 Å². The minimum Gasteiger partial charge on any atom is -0.478 e. The Balaban J connectivity index is 2.22. The van der Waals surface area contributed by atoms with Gasteiger partial charge in [-0.05, 0) is 13.0 Å². The summed E-state index contributed by atoms with van der Waals surface area (Å²) in [4.78, 5) is 26.4. The summed E-state index contributed by atoms with van der Waals surface area (Å²) in [5.74, 6) is -1.22. The number of nitro benzene ring substituents is 1. The highest BCUT2D eigenvalue weighted by Gasteiger charge is 2.16. The van der Waals surface area contributed by atoms with Crippen LogP contribution in [0.15, 0.2) is 24.4 Å². The van der Waals surface area contributed by atoms with Gasteiger partial charge in [0.2, 0.25) is 0 Å². The van der Waals surface area contributed by atoms with Gasteiger partial charge in [-0.2, -0.15) is 0 Å². The number of rotatable bonds is 5. The molecule has 0 saturated heterocycles. The van der Waals surface area contributed by atoms with Crippen molar-refractivity contribution < 1.29 is 14.8 Å². The molecule has 7 nitrogen and oxygen atoms in total. The average Bonchev–Trinajstić information content (AvgIpc) is 2.81. The van der Waals surface area contributed by atoms with E-state index in [2.05, 4.69) is 10.3 Å². The minimum atomic E-state index is -1.22. The standard InChI is InChI=1S/C12H11N3O4S/c1-7-5-14-11(20-7)6-13-10-3-2-8(15(18)19)4-9(10)12(16)17/h2-5,13H,6H2,1H3,(H,16,17). The number of anilines is 1. The molecule has 1 aromatic carbocycles. The summed E-state index contributed by atoms with van der Waals surface area (Å²) >= 11 is 1.50. The Morgan fingerprint density at radius 1 is 1.55 bits per heavy atom. The van der Waals surface area contributed by atoms with Crippen LogP contribution in [0.4, 0.5) is 11.4 Å². The number of hydrogen-bond donors (Lipinski definition) is 2. The van der Waals surface area contributed by atoms with Gasteiger partial charge in [-0.25, -0.2) is 9.78 Å². The third-order valence-corrected chi connectivity index (χ3v) is 3.46. The average molecular weight is 293 g/mol. The molecule has 0 aliphatic heterocycles. The molecule has 0 aliphatic rings. The van der Waals surface area contributed by atoms with Crippen LogP contribution in [0.2, 0.25) is 0 Å². The molecule has 0 spiro atoms. The summed E-state index contributed by atoms with van der Waals surface area (Å²) in [6, 6.07) is 3.70. The Labute approximate surface area is 118 Å². The summed E-state index contributed by atoms with van der Waals surface area (Å²) in [6.07, 6.45) is 1.73. The number of nitro groups is 1. The van der Waals surface area contributed by atoms with Crippen molar-refractivity contribution in [1.82, 2.24) is 4.98 Å². The molecule has 1 aromatic heterocycles. The number of nitrogens with one attached hydrogen (secondary N) is 1. The molecule has 0 radical (unpaired) electrons. The molecule has 0 bridgehead atoms. The van der Waals surface area contributed by atoms with Gasteiger partial charge in [0, 0.05) is 28.9 Å². The van der Waals surface area contributed by atoms with Gasteiger partial charge in [-0.3, -0.25) is 10.1 Å². The van der Waals surface area contributed by atoms with Gasteiger partial charge in [-0.15, -0.1) is 11.3 Å². The molecule has 20 heavy (non-hydrogen) atoms. The Bertz CT molecular complexity index is 668. The van der Waals surface area contributed by atoms with Gasteiger partial charge in [0.25, 0.3) is 5.69 Å². The van der Waals surface area contributed by atoms with Crippen molar-refractivity contribution in [2.24, 2.45) is 0 Å². The van der Waals surface area contributed by atoms with E-state index < -0.39 is 10.9 Å². The van der Waals surface area contributed by atoms with Gasteiger partial charge >= 0.3 is 5.97 Å². The molecule has 0 unspecified atom stereocenters. The fourth-order valence-corrected chi connectivity index (χ4v) is 2.36. The van der Waals surface area contributed by atoms with Crippen LogP contribution in [0.5, 0.6) is 0 Å². The molecular weight excluding hydrogens is 282 g/mol. The molecular formula is C12H11N3O4S. The predicted molar refractivity (Wildman–Crippen MR) is 74.2 cm³/mol. The number of nitrogens with zero attached hydrogens (tertiary/aromatic N) is 2. The number of hydrogen-bond acceptors (Lipinski definition) is 6. The maximum absolute atomic E-state index is 11.1. The number of carboxylic acids is 1. The first-order chi connectivity index (χ1) is 9.47. The lowest BCUT2D eigenvalue weighted by atomic mass is 10.1. The van der Waals surface area contributed by atoms with E-state index in [9.17, 15) is 14.9 Å². The molecule has 0 aliphatic carbocycles. The first kappa shape index (κ1) is 13.9. The zero-order chi connectivity index (χ0) is 14.7. The van der Waals surface area contributed by atoms with Gasteiger partial charge in [0.1, 0.15) is 5.01 Å². The largest absolute Gasteiger partial charge is 0.478 e. The molecule has 0 amide bonds. The molecule has 104 valence electrons. The molecule has 2 rings (SSSR count). The third kappa shape index (κ3) is 3.09. The van der Waals surface area contributed by atoms with Gasteiger partial charge in [0.05, 0.1) is 17.0 Å². The van der Waals surface area contributed by atoms with Crippen molar-refractivity contribution in [3.05, 3.63) is 50.0 Å². The van der Waals surface area contributed by atoms with Crippen molar-refractivity contribution in [1.29, 1.82) is 0 Å². The van der Waals surface area contributed by atoms with E-state index in [1.54, 1.807) is 6.20 Å². The predicted octanol–water partition coefficient (Wildman–Crippen LogP) is 2.67. The lowest BCUT2D eigenvalue weighted by molar-refractivity contribution is -0.384. The maximum Gasteiger partial charge on any atom is 0.338 e. The van der Waals surface area contributed by atoms with Gasteiger partial charge in [-0.1, -0.05) is 0 Å². The maximum atomic E-state index is 11.1. The summed E-state index contributed by atoms with van der Waals surface area (Å²) in [7, 11) is 0. The Kier molecular flexibility index (Phi) is 3.94. The number of thiazole rings is 1. The van der Waals surface area contributed by atoms with Crippen LogP contribution in [0, 0.1) is 17.0 Å². The summed E-state index contributed by atoms with van der Waals surface area (Å²) in [5.41, 5.74) is -0.0542. The highest BCUT2D eigenvalue weighted by Crippen LogP contribution is 2.23. The van der Waals surface area contributed by atoms with Crippen LogP contribution < -0.4 is 5.32 Å². The SMILES string of the molecule is Cc1cnc(CNc2ccc([N+](=O)[O-])cc2C(=O)O)s1. The van der Waals surface area contributed by atoms with Crippen LogP contribution >= 0.6 is 11.3 Å². The van der Waals surface area contributed by atoms with Crippen LogP contribution in [-0.2, 0) is 6.54 Å². The second-order valence-electron chi connectivity index (χ2n) is 4.01. The highest BCUT2D eigenvalue weighted by atomic mass is 32.1. The number of non-ortho nitro benzene ring substituents is 1. The van der Waals surface area contributed by atoms with Crippen molar-refractivity contribution in [3.63, 3.8) is 0 Å². The number of aromatic nitrogens is 1. The van der Waals surface area contributed by atoms with Crippen LogP contribution in [0.1, 0.15) is 20.2 Å².